The highest BCUT2D eigenvalue weighted by Gasteiger charge is 2.28. The van der Waals surface area contributed by atoms with Crippen LogP contribution in [0.25, 0.3) is 248 Å². The average molecular weight is 1770 g/mol. The molecule has 0 atom stereocenters. The van der Waals surface area contributed by atoms with Gasteiger partial charge in [0, 0.05) is 115 Å². The molecule has 21 aromatic carbocycles. The lowest BCUT2D eigenvalue weighted by molar-refractivity contribution is 1.09. The van der Waals surface area contributed by atoms with E-state index in [0.717, 1.165) is 56.7 Å². The summed E-state index contributed by atoms with van der Waals surface area (Å²) in [5.74, 6) is 0.911. The van der Waals surface area contributed by atoms with Gasteiger partial charge in [0.05, 0.1) is 82.9 Å². The van der Waals surface area contributed by atoms with Crippen molar-refractivity contribution in [1.82, 2.24) is 37.0 Å². The number of hydrogen-bond donors (Lipinski definition) is 0. The number of aromatic nitrogens is 8. The Hall–Kier alpha value is -18.6. The van der Waals surface area contributed by atoms with Crippen LogP contribution in [0.2, 0.25) is 0 Å². The molecule has 0 bridgehead atoms. The van der Waals surface area contributed by atoms with Gasteiger partial charge in [0.25, 0.3) is 0 Å². The zero-order valence-corrected chi connectivity index (χ0v) is 75.7. The summed E-state index contributed by atoms with van der Waals surface area (Å²) in [6.45, 7) is 0. The summed E-state index contributed by atoms with van der Waals surface area (Å²) in [7, 11) is 0. The third kappa shape index (κ3) is 13.2. The molecule has 0 radical (unpaired) electrons. The smallest absolute Gasteiger partial charge is 0.138 e. The summed E-state index contributed by atoms with van der Waals surface area (Å²) in [4.78, 5) is 5.23. The first-order valence-corrected chi connectivity index (χ1v) is 47.7. The van der Waals surface area contributed by atoms with Gasteiger partial charge in [-0.3, -0.25) is 4.57 Å². The molecule has 0 saturated carbocycles. The van der Waals surface area contributed by atoms with Crippen molar-refractivity contribution >= 4 is 153 Å². The van der Waals surface area contributed by atoms with E-state index in [1.807, 2.05) is 6.07 Å². The monoisotopic (exact) mass is 1770 g/mol. The quantitative estimate of drug-likeness (QED) is 0.120. The molecule has 139 heavy (non-hydrogen) atoms. The highest BCUT2D eigenvalue weighted by molar-refractivity contribution is 6.31. The normalized spacial score (nSPS) is 11.7. The Morgan fingerprint density at radius 3 is 0.784 bits per heavy atom. The predicted molar refractivity (Wildman–Crippen MR) is 585 cm³/mol. The molecule has 0 spiro atoms. The summed E-state index contributed by atoms with van der Waals surface area (Å²) in [6, 6.07) is 188. The number of hydrogen-bond acceptors (Lipinski definition) is 1. The van der Waals surface area contributed by atoms with Crippen molar-refractivity contribution in [3.05, 3.63) is 522 Å². The molecule has 0 unspecified atom stereocenters. The van der Waals surface area contributed by atoms with Gasteiger partial charge in [-0.15, -0.1) is 0 Å². The zero-order valence-electron chi connectivity index (χ0n) is 75.7. The Labute approximate surface area is 801 Å². The summed E-state index contributed by atoms with van der Waals surface area (Å²) in [5, 5.41) is 17.5. The molecule has 0 aliphatic heterocycles. The van der Waals surface area contributed by atoms with E-state index in [9.17, 15) is 0 Å². The maximum absolute atomic E-state index is 5.23. The zero-order chi connectivity index (χ0) is 91.5. The Morgan fingerprint density at radius 1 is 0.129 bits per heavy atom. The van der Waals surface area contributed by atoms with Crippen molar-refractivity contribution in [1.29, 1.82) is 0 Å². The van der Waals surface area contributed by atoms with E-state index in [-0.39, 0.29) is 0 Å². The molecule has 29 rings (SSSR count). The van der Waals surface area contributed by atoms with Crippen LogP contribution in [0.5, 0.6) is 0 Å². The van der Waals surface area contributed by atoms with Gasteiger partial charge in [-0.2, -0.15) is 0 Å². The standard InChI is InChI=1S/C48H31N3.C42H28N2.C41H27N3/c1-3-15-33(16-4-1)50-43-25-13-10-22-39(43)47-45(50)31-40(46-38-21-9-14-26-44(38)51(48(46)47)34-17-5-2-6-18-34)32-27-29-35(30-28-32)49-41-23-11-7-19-36(41)37-20-8-12-24-42(37)49;1-3-11-29(12-4-1)31-19-23-33(24-20-31)43-39-18-10-8-16-37(39)41-40(43)28-27-36-35-15-7-9-17-38(35)44(42(36)41)34-25-21-32(22-26-34)30-13-5-2-6-14-30;1-3-12-28(13-4-1)29-22-24-31(25-23-29)43-37-20-10-8-17-34(37)40-38(43)27-26-33-32-16-7-9-19-36(32)44(41(33)40)39-21-11-18-35(42-39)30-14-5-2-6-15-30/h1-31H;1-28H;1-27H. The fourth-order valence-corrected chi connectivity index (χ4v) is 22.2. The number of benzene rings is 21. The maximum Gasteiger partial charge on any atom is 0.138 e. The van der Waals surface area contributed by atoms with E-state index in [2.05, 4.69) is 548 Å². The van der Waals surface area contributed by atoms with Crippen molar-refractivity contribution in [3.63, 3.8) is 0 Å². The molecule has 0 fully saturated rings. The molecule has 0 aliphatic rings. The first-order valence-electron chi connectivity index (χ1n) is 47.7. The fourth-order valence-electron chi connectivity index (χ4n) is 22.2. The molecule has 0 aliphatic carbocycles. The van der Waals surface area contributed by atoms with E-state index in [1.165, 1.54) is 192 Å². The second-order valence-corrected chi connectivity index (χ2v) is 35.9. The summed E-state index contributed by atoms with van der Waals surface area (Å²) < 4.78 is 16.9. The topological polar surface area (TPSA) is 47.4 Å². The van der Waals surface area contributed by atoms with E-state index >= 15 is 0 Å². The van der Waals surface area contributed by atoms with Gasteiger partial charge in [-0.05, 0) is 196 Å². The van der Waals surface area contributed by atoms with Crippen LogP contribution in [0, 0.1) is 0 Å². The third-order valence-electron chi connectivity index (χ3n) is 28.3. The van der Waals surface area contributed by atoms with Gasteiger partial charge >= 0.3 is 0 Å². The Balaban J connectivity index is 0.000000105. The Kier molecular flexibility index (Phi) is 19.1. The SMILES string of the molecule is c1ccc(-c2ccc(-n3c4ccccc4c4c3ccc3c5ccccc5n(-c5ccc(-c6ccccc6)cc5)c34)cc2)cc1.c1ccc(-c2ccc(-n3c4ccccc4c4c3ccc3c5ccccc5n(-c5cccc(-c6ccccc6)n5)c34)cc2)cc1.c1ccc(-n2c3ccccc3c3c2cc(-c2ccc(-n4c5ccccc5c5ccccc54)cc2)c2c4ccccc4n(-c4ccccc4)c23)cc1. The Bertz CT molecular complexity index is 9760. The first kappa shape index (κ1) is 80.1. The highest BCUT2D eigenvalue weighted by Crippen LogP contribution is 2.50. The largest absolute Gasteiger partial charge is 0.309 e. The minimum atomic E-state index is 0.911. The molecule has 29 aromatic rings. The van der Waals surface area contributed by atoms with E-state index in [1.54, 1.807) is 0 Å². The Morgan fingerprint density at radius 2 is 0.381 bits per heavy atom. The molecule has 8 heteroatoms. The molecule has 0 N–H and O–H groups in total. The van der Waals surface area contributed by atoms with Crippen molar-refractivity contribution in [2.24, 2.45) is 0 Å². The molecule has 8 heterocycles. The molecule has 8 nitrogen and oxygen atoms in total. The fraction of sp³-hybridized carbons (Fsp3) is 0. The van der Waals surface area contributed by atoms with Gasteiger partial charge in [-0.25, -0.2) is 4.98 Å². The average Bonchev–Trinajstić information content (AvgIpc) is 1.54. The second-order valence-electron chi connectivity index (χ2n) is 35.9. The van der Waals surface area contributed by atoms with Gasteiger partial charge in [-0.1, -0.05) is 370 Å². The van der Waals surface area contributed by atoms with Crippen molar-refractivity contribution < 1.29 is 0 Å². The van der Waals surface area contributed by atoms with Gasteiger partial charge in [0.2, 0.25) is 0 Å². The van der Waals surface area contributed by atoms with Crippen molar-refractivity contribution in [2.45, 2.75) is 0 Å². The highest BCUT2D eigenvalue weighted by atomic mass is 15.1. The van der Waals surface area contributed by atoms with Crippen LogP contribution in [0.15, 0.2) is 522 Å². The number of nitrogens with zero attached hydrogens (tertiary/aromatic N) is 8. The maximum atomic E-state index is 5.23. The van der Waals surface area contributed by atoms with Gasteiger partial charge < -0.3 is 27.4 Å². The number of pyridine rings is 1. The lowest BCUT2D eigenvalue weighted by Gasteiger charge is -2.14. The van der Waals surface area contributed by atoms with Crippen LogP contribution in [0.3, 0.4) is 0 Å². The van der Waals surface area contributed by atoms with Crippen LogP contribution in [0.1, 0.15) is 0 Å². The van der Waals surface area contributed by atoms with E-state index < -0.39 is 0 Å². The molecular weight excluding hydrogens is 1690 g/mol. The van der Waals surface area contributed by atoms with Crippen molar-refractivity contribution in [2.75, 3.05) is 0 Å². The summed E-state index contributed by atoms with van der Waals surface area (Å²) in [5.41, 5.74) is 35.5. The minimum absolute atomic E-state index is 0.911. The van der Waals surface area contributed by atoms with Crippen LogP contribution >= 0.6 is 0 Å². The number of para-hydroxylation sites is 10. The number of fused-ring (bicyclic) bond motifs is 24. The summed E-state index contributed by atoms with van der Waals surface area (Å²) >= 11 is 0. The summed E-state index contributed by atoms with van der Waals surface area (Å²) in [6.07, 6.45) is 0. The van der Waals surface area contributed by atoms with E-state index in [4.69, 9.17) is 4.98 Å². The molecule has 650 valence electrons. The molecule has 8 aromatic heterocycles. The minimum Gasteiger partial charge on any atom is -0.309 e. The van der Waals surface area contributed by atoms with Crippen LogP contribution in [-0.4, -0.2) is 37.0 Å². The molecule has 0 saturated heterocycles. The third-order valence-corrected chi connectivity index (χ3v) is 28.3. The van der Waals surface area contributed by atoms with Crippen LogP contribution < -0.4 is 0 Å². The van der Waals surface area contributed by atoms with Crippen LogP contribution in [0.4, 0.5) is 0 Å². The lowest BCUT2D eigenvalue weighted by atomic mass is 9.96. The first-order chi connectivity index (χ1) is 69.0. The van der Waals surface area contributed by atoms with Crippen molar-refractivity contribution in [3.8, 4) is 95.7 Å². The van der Waals surface area contributed by atoms with E-state index in [0.29, 0.717) is 0 Å². The lowest BCUT2D eigenvalue weighted by Crippen LogP contribution is -1.99. The van der Waals surface area contributed by atoms with Crippen LogP contribution in [-0.2, 0) is 0 Å². The number of rotatable bonds is 12. The van der Waals surface area contributed by atoms with Gasteiger partial charge in [0.15, 0.2) is 0 Å². The second kappa shape index (κ2) is 33.2. The molecular formula is C131H86N8. The molecule has 0 amide bonds. The van der Waals surface area contributed by atoms with Gasteiger partial charge in [0.1, 0.15) is 5.82 Å². The predicted octanol–water partition coefficient (Wildman–Crippen LogP) is 34.5.